The molecule has 0 atom stereocenters. The van der Waals surface area contributed by atoms with E-state index >= 15 is 0 Å². The Bertz CT molecular complexity index is 1320. The van der Waals surface area contributed by atoms with E-state index in [0.717, 1.165) is 40.2 Å². The molecule has 0 bridgehead atoms. The van der Waals surface area contributed by atoms with E-state index in [-0.39, 0.29) is 5.69 Å². The number of nitrogens with zero attached hydrogens (tertiary/aromatic N) is 6. The zero-order valence-electron chi connectivity index (χ0n) is 17.7. The zero-order chi connectivity index (χ0) is 23.7. The first-order valence-corrected chi connectivity index (χ1v) is 10.5. The van der Waals surface area contributed by atoms with E-state index in [1.54, 1.807) is 12.4 Å². The number of amides is 2. The van der Waals surface area contributed by atoms with Crippen molar-refractivity contribution < 1.29 is 18.0 Å². The lowest BCUT2D eigenvalue weighted by atomic mass is 9.93. The number of hydrogen-bond donors (Lipinski definition) is 1. The van der Waals surface area contributed by atoms with Crippen molar-refractivity contribution in [3.63, 3.8) is 0 Å². The monoisotopic (exact) mass is 465 g/mol. The summed E-state index contributed by atoms with van der Waals surface area (Å²) in [5, 5.41) is 10.0. The van der Waals surface area contributed by atoms with Gasteiger partial charge >= 0.3 is 12.2 Å². The number of nitrogens with one attached hydrogen (secondary N) is 1. The highest BCUT2D eigenvalue weighted by molar-refractivity contribution is 6.03. The molecule has 3 aromatic heterocycles. The lowest BCUT2D eigenvalue weighted by molar-refractivity contribution is -0.137. The fourth-order valence-electron chi connectivity index (χ4n) is 4.04. The summed E-state index contributed by atoms with van der Waals surface area (Å²) in [4.78, 5) is 23.5. The van der Waals surface area contributed by atoms with Crippen LogP contribution in [0.25, 0.3) is 16.9 Å². The number of fused-ring (bicyclic) bond motifs is 1. The maximum atomic E-state index is 13.7. The fraction of sp³-hybridized carbons (Fsp3) is 0.174. The molecule has 34 heavy (non-hydrogen) atoms. The SMILES string of the molecule is O=C(Nc1cnc(-n2nccn2)c(C(F)(F)F)c1)N1CCCc2c(-c3cccnc3)cccc21. The molecule has 1 aliphatic rings. The van der Waals surface area contributed by atoms with Crippen LogP contribution >= 0.6 is 0 Å². The van der Waals surface area contributed by atoms with E-state index in [9.17, 15) is 18.0 Å². The predicted molar refractivity (Wildman–Crippen MR) is 119 cm³/mol. The van der Waals surface area contributed by atoms with Crippen molar-refractivity contribution in [2.75, 3.05) is 16.8 Å². The Hall–Kier alpha value is -4.28. The molecular formula is C23H18F3N7O. The molecule has 2 amide bonds. The summed E-state index contributed by atoms with van der Waals surface area (Å²) in [6.45, 7) is 0.435. The number of carbonyl (C=O) groups is 1. The van der Waals surface area contributed by atoms with Gasteiger partial charge in [-0.25, -0.2) is 9.78 Å². The van der Waals surface area contributed by atoms with Crippen molar-refractivity contribution in [2.45, 2.75) is 19.0 Å². The van der Waals surface area contributed by atoms with E-state index in [1.165, 1.54) is 17.3 Å². The lowest BCUT2D eigenvalue weighted by Crippen LogP contribution is -2.39. The number of carbonyl (C=O) groups excluding carboxylic acids is 1. The van der Waals surface area contributed by atoms with Crippen LogP contribution in [0.3, 0.4) is 0 Å². The van der Waals surface area contributed by atoms with Gasteiger partial charge in [0.1, 0.15) is 5.56 Å². The topological polar surface area (TPSA) is 88.8 Å². The second kappa shape index (κ2) is 8.58. The average Bonchev–Trinajstić information content (AvgIpc) is 3.38. The number of rotatable bonds is 3. The Morgan fingerprint density at radius 1 is 1.03 bits per heavy atom. The molecule has 0 saturated carbocycles. The van der Waals surface area contributed by atoms with Crippen molar-refractivity contribution >= 4 is 17.4 Å². The number of alkyl halides is 3. The first-order valence-electron chi connectivity index (χ1n) is 10.5. The summed E-state index contributed by atoms with van der Waals surface area (Å²) in [7, 11) is 0. The minimum atomic E-state index is -4.72. The van der Waals surface area contributed by atoms with Crippen molar-refractivity contribution in [1.29, 1.82) is 0 Å². The molecule has 0 spiro atoms. The molecule has 1 aromatic carbocycles. The van der Waals surface area contributed by atoms with Gasteiger partial charge < -0.3 is 5.32 Å². The van der Waals surface area contributed by atoms with Crippen LogP contribution in [0.4, 0.5) is 29.3 Å². The Balaban J connectivity index is 1.45. The largest absolute Gasteiger partial charge is 0.420 e. The van der Waals surface area contributed by atoms with E-state index in [0.29, 0.717) is 18.7 Å². The quantitative estimate of drug-likeness (QED) is 0.473. The van der Waals surface area contributed by atoms with Gasteiger partial charge in [0.05, 0.1) is 24.3 Å². The van der Waals surface area contributed by atoms with E-state index < -0.39 is 23.6 Å². The zero-order valence-corrected chi connectivity index (χ0v) is 17.7. The fourth-order valence-corrected chi connectivity index (χ4v) is 4.04. The van der Waals surface area contributed by atoms with Crippen LogP contribution in [0.15, 0.2) is 67.4 Å². The number of pyridine rings is 2. The number of urea groups is 1. The Morgan fingerprint density at radius 2 is 1.85 bits per heavy atom. The van der Waals surface area contributed by atoms with Crippen LogP contribution in [-0.2, 0) is 12.6 Å². The molecule has 172 valence electrons. The number of anilines is 2. The normalized spacial score (nSPS) is 13.4. The number of aromatic nitrogens is 5. The van der Waals surface area contributed by atoms with E-state index in [2.05, 4.69) is 25.5 Å². The molecule has 11 heteroatoms. The van der Waals surface area contributed by atoms with Crippen molar-refractivity contribution in [3.8, 4) is 16.9 Å². The smallest absolute Gasteiger partial charge is 0.306 e. The third kappa shape index (κ3) is 4.07. The molecule has 8 nitrogen and oxygen atoms in total. The summed E-state index contributed by atoms with van der Waals surface area (Å²) in [5.41, 5.74) is 2.48. The van der Waals surface area contributed by atoms with Gasteiger partial charge in [0.2, 0.25) is 0 Å². The molecule has 0 radical (unpaired) electrons. The van der Waals surface area contributed by atoms with E-state index in [4.69, 9.17) is 0 Å². The molecule has 0 unspecified atom stereocenters. The van der Waals surface area contributed by atoms with Crippen molar-refractivity contribution in [3.05, 3.63) is 78.5 Å². The van der Waals surface area contributed by atoms with Gasteiger partial charge in [-0.2, -0.15) is 23.4 Å². The maximum Gasteiger partial charge on any atom is 0.420 e. The van der Waals surface area contributed by atoms with Crippen LogP contribution in [0.5, 0.6) is 0 Å². The molecule has 0 fully saturated rings. The third-order valence-corrected chi connectivity index (χ3v) is 5.50. The Kier molecular flexibility index (Phi) is 5.44. The van der Waals surface area contributed by atoms with E-state index in [1.807, 2.05) is 30.3 Å². The minimum absolute atomic E-state index is 0.0798. The molecule has 5 rings (SSSR count). The Labute approximate surface area is 192 Å². The number of benzene rings is 1. The Morgan fingerprint density at radius 3 is 2.59 bits per heavy atom. The van der Waals surface area contributed by atoms with Gasteiger partial charge in [-0.15, -0.1) is 4.80 Å². The molecule has 1 aliphatic heterocycles. The first-order chi connectivity index (χ1) is 16.4. The summed E-state index contributed by atoms with van der Waals surface area (Å²) in [6.07, 6.45) is 3.89. The summed E-state index contributed by atoms with van der Waals surface area (Å²) in [5.74, 6) is -0.472. The summed E-state index contributed by atoms with van der Waals surface area (Å²) < 4.78 is 41.0. The first kappa shape index (κ1) is 21.6. The molecule has 1 N–H and O–H groups in total. The van der Waals surface area contributed by atoms with Crippen LogP contribution in [0, 0.1) is 0 Å². The van der Waals surface area contributed by atoms with Gasteiger partial charge in [0, 0.05) is 30.2 Å². The van der Waals surface area contributed by atoms with Crippen LogP contribution in [0.1, 0.15) is 17.5 Å². The maximum absolute atomic E-state index is 13.7. The van der Waals surface area contributed by atoms with Gasteiger partial charge in [0.25, 0.3) is 0 Å². The molecule has 0 saturated heterocycles. The molecule has 0 aliphatic carbocycles. The standard InChI is InChI=1S/C23H18F3N7O/c24-23(25,26)19-12-16(14-28-21(19)33-29-9-10-30-33)31-22(34)32-11-3-6-18-17(5-1-7-20(18)32)15-4-2-8-27-13-15/h1-2,4-5,7-10,12-14H,3,6,11H2,(H,31,34). The highest BCUT2D eigenvalue weighted by Crippen LogP contribution is 2.36. The highest BCUT2D eigenvalue weighted by atomic mass is 19.4. The van der Waals surface area contributed by atoms with Crippen LogP contribution in [0.2, 0.25) is 0 Å². The highest BCUT2D eigenvalue weighted by Gasteiger charge is 2.36. The molecule has 4 aromatic rings. The summed E-state index contributed by atoms with van der Waals surface area (Å²) >= 11 is 0. The van der Waals surface area contributed by atoms with Crippen molar-refractivity contribution in [1.82, 2.24) is 25.0 Å². The second-order valence-corrected chi connectivity index (χ2v) is 7.64. The summed E-state index contributed by atoms with van der Waals surface area (Å²) in [6, 6.07) is 9.74. The van der Waals surface area contributed by atoms with Crippen LogP contribution in [-0.4, -0.2) is 37.5 Å². The average molecular weight is 465 g/mol. The predicted octanol–water partition coefficient (Wildman–Crippen LogP) is 4.73. The van der Waals surface area contributed by atoms with Gasteiger partial charge in [-0.1, -0.05) is 18.2 Å². The minimum Gasteiger partial charge on any atom is -0.306 e. The van der Waals surface area contributed by atoms with Crippen molar-refractivity contribution in [2.24, 2.45) is 0 Å². The molecule has 4 heterocycles. The number of hydrogen-bond acceptors (Lipinski definition) is 5. The van der Waals surface area contributed by atoms with Crippen LogP contribution < -0.4 is 10.2 Å². The number of halogens is 3. The van der Waals surface area contributed by atoms with Gasteiger partial charge in [-0.05, 0) is 42.2 Å². The van der Waals surface area contributed by atoms with Gasteiger partial charge in [-0.3, -0.25) is 9.88 Å². The third-order valence-electron chi connectivity index (χ3n) is 5.50. The second-order valence-electron chi connectivity index (χ2n) is 7.64. The molecular weight excluding hydrogens is 447 g/mol. The lowest BCUT2D eigenvalue weighted by Gasteiger charge is -2.31. The van der Waals surface area contributed by atoms with Gasteiger partial charge in [0.15, 0.2) is 5.82 Å².